The predicted molar refractivity (Wildman–Crippen MR) is 67.7 cm³/mol. The molecule has 0 radical (unpaired) electrons. The topological polar surface area (TPSA) is 57.8 Å². The molecule has 4 nitrogen and oxygen atoms in total. The molecule has 0 atom stereocenters. The van der Waals surface area contributed by atoms with E-state index in [9.17, 15) is 4.79 Å². The van der Waals surface area contributed by atoms with Crippen molar-refractivity contribution in [3.63, 3.8) is 0 Å². The number of carbonyl (C=O) groups excluding carboxylic acids is 1. The molecular formula is C11H9Cl2N3O. The number of nitrogens with zero attached hydrogens (tertiary/aromatic N) is 1. The van der Waals surface area contributed by atoms with Crippen molar-refractivity contribution in [3.8, 4) is 0 Å². The zero-order chi connectivity index (χ0) is 12.4. The van der Waals surface area contributed by atoms with Crippen LogP contribution in [-0.4, -0.2) is 16.1 Å². The summed E-state index contributed by atoms with van der Waals surface area (Å²) < 4.78 is 0. The molecule has 0 unspecified atom stereocenters. The lowest BCUT2D eigenvalue weighted by Crippen LogP contribution is -2.13. The Morgan fingerprint density at radius 1 is 1.35 bits per heavy atom. The molecule has 1 amide bonds. The van der Waals surface area contributed by atoms with E-state index in [1.807, 2.05) is 0 Å². The molecule has 0 spiro atoms. The average Bonchev–Trinajstić information content (AvgIpc) is 2.70. The van der Waals surface area contributed by atoms with E-state index in [0.717, 1.165) is 5.56 Å². The number of anilines is 1. The number of rotatable bonds is 2. The lowest BCUT2D eigenvalue weighted by Gasteiger charge is -2.05. The third-order valence-electron chi connectivity index (χ3n) is 2.23. The quantitative estimate of drug-likeness (QED) is 0.879. The van der Waals surface area contributed by atoms with Gasteiger partial charge in [0, 0.05) is 5.69 Å². The van der Waals surface area contributed by atoms with Crippen molar-refractivity contribution < 1.29 is 4.79 Å². The molecule has 6 heteroatoms. The van der Waals surface area contributed by atoms with E-state index >= 15 is 0 Å². The number of hydrogen-bond donors (Lipinski definition) is 2. The summed E-state index contributed by atoms with van der Waals surface area (Å²) >= 11 is 11.6. The number of halogens is 2. The highest BCUT2D eigenvalue weighted by Crippen LogP contribution is 2.25. The van der Waals surface area contributed by atoms with Gasteiger partial charge >= 0.3 is 0 Å². The van der Waals surface area contributed by atoms with E-state index in [1.165, 1.54) is 0 Å². The fourth-order valence-electron chi connectivity index (χ4n) is 1.34. The average molecular weight is 270 g/mol. The van der Waals surface area contributed by atoms with E-state index in [4.69, 9.17) is 23.2 Å². The normalized spacial score (nSPS) is 10.3. The van der Waals surface area contributed by atoms with Crippen molar-refractivity contribution in [1.82, 2.24) is 10.2 Å². The smallest absolute Gasteiger partial charge is 0.273 e. The van der Waals surface area contributed by atoms with Crippen LogP contribution in [0.15, 0.2) is 24.4 Å². The highest BCUT2D eigenvalue weighted by Gasteiger charge is 2.11. The van der Waals surface area contributed by atoms with E-state index in [-0.39, 0.29) is 5.91 Å². The zero-order valence-corrected chi connectivity index (χ0v) is 10.4. The zero-order valence-electron chi connectivity index (χ0n) is 8.92. The molecule has 2 rings (SSSR count). The van der Waals surface area contributed by atoms with Gasteiger partial charge in [-0.15, -0.1) is 0 Å². The van der Waals surface area contributed by atoms with Crippen molar-refractivity contribution >= 4 is 34.8 Å². The van der Waals surface area contributed by atoms with Gasteiger partial charge in [-0.05, 0) is 30.7 Å². The van der Waals surface area contributed by atoms with Gasteiger partial charge in [0.2, 0.25) is 0 Å². The van der Waals surface area contributed by atoms with Crippen LogP contribution in [0, 0.1) is 6.92 Å². The number of amides is 1. The second kappa shape index (κ2) is 4.77. The minimum Gasteiger partial charge on any atom is -0.321 e. The number of aryl methyl sites for hydroxylation is 1. The molecule has 2 aromatic rings. The molecule has 1 aromatic carbocycles. The van der Waals surface area contributed by atoms with Crippen LogP contribution in [0.2, 0.25) is 10.0 Å². The van der Waals surface area contributed by atoms with Gasteiger partial charge in [-0.2, -0.15) is 5.10 Å². The van der Waals surface area contributed by atoms with Crippen molar-refractivity contribution in [2.75, 3.05) is 5.32 Å². The van der Waals surface area contributed by atoms with Crippen molar-refractivity contribution in [3.05, 3.63) is 45.7 Å². The Morgan fingerprint density at radius 2 is 2.12 bits per heavy atom. The number of carbonyl (C=O) groups is 1. The lowest BCUT2D eigenvalue weighted by molar-refractivity contribution is 0.102. The van der Waals surface area contributed by atoms with Gasteiger partial charge in [0.25, 0.3) is 5.91 Å². The molecule has 0 aliphatic carbocycles. The van der Waals surface area contributed by atoms with Crippen LogP contribution in [0.5, 0.6) is 0 Å². The molecule has 2 N–H and O–H groups in total. The van der Waals surface area contributed by atoms with Crippen LogP contribution < -0.4 is 5.32 Å². The van der Waals surface area contributed by atoms with Gasteiger partial charge < -0.3 is 5.32 Å². The molecule has 0 aliphatic rings. The van der Waals surface area contributed by atoms with Crippen LogP contribution in [0.25, 0.3) is 0 Å². The molecular weight excluding hydrogens is 261 g/mol. The molecule has 1 aromatic heterocycles. The minimum atomic E-state index is -0.265. The first-order chi connectivity index (χ1) is 8.08. The predicted octanol–water partition coefficient (Wildman–Crippen LogP) is 3.28. The first kappa shape index (κ1) is 12.0. The standard InChI is InChI=1S/C11H9Cl2N3O/c1-6-5-14-16-10(6)11(17)15-7-2-3-8(12)9(13)4-7/h2-5H,1H3,(H,14,16)(H,15,17). The first-order valence-electron chi connectivity index (χ1n) is 4.84. The number of hydrogen-bond acceptors (Lipinski definition) is 2. The Labute approximate surface area is 108 Å². The summed E-state index contributed by atoms with van der Waals surface area (Å²) in [5, 5.41) is 9.95. The maximum atomic E-state index is 11.8. The second-order valence-corrected chi connectivity index (χ2v) is 4.33. The maximum absolute atomic E-state index is 11.8. The van der Waals surface area contributed by atoms with Gasteiger partial charge in [0.15, 0.2) is 0 Å². The van der Waals surface area contributed by atoms with Gasteiger partial charge in [-0.1, -0.05) is 23.2 Å². The molecule has 17 heavy (non-hydrogen) atoms. The first-order valence-corrected chi connectivity index (χ1v) is 5.60. The Bertz CT molecular complexity index is 566. The number of nitrogens with one attached hydrogen (secondary N) is 2. The van der Waals surface area contributed by atoms with Gasteiger partial charge in [0.1, 0.15) is 5.69 Å². The molecule has 1 heterocycles. The number of aromatic amines is 1. The van der Waals surface area contributed by atoms with Crippen molar-refractivity contribution in [2.45, 2.75) is 6.92 Å². The summed E-state index contributed by atoms with van der Waals surface area (Å²) in [5.41, 5.74) is 1.79. The van der Waals surface area contributed by atoms with Crippen molar-refractivity contribution in [2.24, 2.45) is 0 Å². The van der Waals surface area contributed by atoms with Gasteiger partial charge in [-0.3, -0.25) is 9.89 Å². The SMILES string of the molecule is Cc1cn[nH]c1C(=O)Nc1ccc(Cl)c(Cl)c1. The van der Waals surface area contributed by atoms with E-state index in [0.29, 0.717) is 21.4 Å². The molecule has 0 bridgehead atoms. The third kappa shape index (κ3) is 2.60. The van der Waals surface area contributed by atoms with Gasteiger partial charge in [0.05, 0.1) is 16.2 Å². The van der Waals surface area contributed by atoms with Crippen LogP contribution >= 0.6 is 23.2 Å². The number of benzene rings is 1. The minimum absolute atomic E-state index is 0.265. The Kier molecular flexibility index (Phi) is 3.36. The van der Waals surface area contributed by atoms with Gasteiger partial charge in [-0.25, -0.2) is 0 Å². The Balaban J connectivity index is 2.19. The monoisotopic (exact) mass is 269 g/mol. The van der Waals surface area contributed by atoms with E-state index in [2.05, 4.69) is 15.5 Å². The fourth-order valence-corrected chi connectivity index (χ4v) is 1.64. The van der Waals surface area contributed by atoms with Crippen LogP contribution in [0.3, 0.4) is 0 Å². The summed E-state index contributed by atoms with van der Waals surface area (Å²) in [6.07, 6.45) is 1.59. The number of H-pyrrole nitrogens is 1. The maximum Gasteiger partial charge on any atom is 0.273 e. The highest BCUT2D eigenvalue weighted by atomic mass is 35.5. The lowest BCUT2D eigenvalue weighted by atomic mass is 10.2. The van der Waals surface area contributed by atoms with Crippen LogP contribution in [0.4, 0.5) is 5.69 Å². The Morgan fingerprint density at radius 3 is 2.71 bits per heavy atom. The second-order valence-electron chi connectivity index (χ2n) is 3.51. The Hall–Kier alpha value is -1.52. The molecule has 0 aliphatic heterocycles. The molecule has 0 fully saturated rings. The summed E-state index contributed by atoms with van der Waals surface area (Å²) in [4.78, 5) is 11.8. The van der Waals surface area contributed by atoms with Crippen LogP contribution in [0.1, 0.15) is 16.1 Å². The highest BCUT2D eigenvalue weighted by molar-refractivity contribution is 6.42. The molecule has 0 saturated heterocycles. The summed E-state index contributed by atoms with van der Waals surface area (Å²) in [5.74, 6) is -0.265. The largest absolute Gasteiger partial charge is 0.321 e. The van der Waals surface area contributed by atoms with Crippen molar-refractivity contribution in [1.29, 1.82) is 0 Å². The fraction of sp³-hybridized carbons (Fsp3) is 0.0909. The summed E-state index contributed by atoms with van der Waals surface area (Å²) in [7, 11) is 0. The van der Waals surface area contributed by atoms with Crippen LogP contribution in [-0.2, 0) is 0 Å². The molecule has 0 saturated carbocycles. The summed E-state index contributed by atoms with van der Waals surface area (Å²) in [6, 6.07) is 4.89. The summed E-state index contributed by atoms with van der Waals surface area (Å²) in [6.45, 7) is 1.80. The molecule has 88 valence electrons. The van der Waals surface area contributed by atoms with E-state index < -0.39 is 0 Å². The number of aromatic nitrogens is 2. The third-order valence-corrected chi connectivity index (χ3v) is 2.97. The van der Waals surface area contributed by atoms with E-state index in [1.54, 1.807) is 31.3 Å².